The average Bonchev–Trinajstić information content (AvgIpc) is 2.54. The molecule has 0 saturated carbocycles. The molecule has 10 heteroatoms. The molecule has 1 fully saturated rings. The Balaban J connectivity index is 2.16. The van der Waals surface area contributed by atoms with Crippen LogP contribution in [0.4, 0.5) is 17.6 Å². The van der Waals surface area contributed by atoms with Crippen LogP contribution >= 0.6 is 0 Å². The lowest BCUT2D eigenvalue weighted by molar-refractivity contribution is -0.140. The number of nitrogens with zero attached hydrogens (tertiary/aromatic N) is 1. The number of alkyl halides is 3. The van der Waals surface area contributed by atoms with Crippen LogP contribution in [-0.2, 0) is 20.9 Å². The first-order valence-electron chi connectivity index (χ1n) is 7.85. The molecule has 0 spiro atoms. The van der Waals surface area contributed by atoms with Crippen molar-refractivity contribution in [1.82, 2.24) is 4.31 Å². The van der Waals surface area contributed by atoms with Gasteiger partial charge >= 0.3 is 6.18 Å². The van der Waals surface area contributed by atoms with Crippen LogP contribution in [0.15, 0.2) is 23.1 Å². The first-order valence-corrected chi connectivity index (χ1v) is 9.29. The zero-order valence-corrected chi connectivity index (χ0v) is 14.2. The smallest absolute Gasteiger partial charge is 0.378 e. The zero-order valence-electron chi connectivity index (χ0n) is 13.4. The highest BCUT2D eigenvalue weighted by Crippen LogP contribution is 2.36. The minimum atomic E-state index is -4.96. The lowest BCUT2D eigenvalue weighted by atomic mass is 10.1. The molecule has 0 amide bonds. The van der Waals surface area contributed by atoms with E-state index in [-0.39, 0.29) is 25.3 Å². The van der Waals surface area contributed by atoms with Crippen LogP contribution in [0.3, 0.4) is 0 Å². The van der Waals surface area contributed by atoms with Gasteiger partial charge in [-0.25, -0.2) is 12.8 Å². The molecular weight excluding hydrogens is 364 g/mol. The Morgan fingerprint density at radius 1 is 1.24 bits per heavy atom. The van der Waals surface area contributed by atoms with E-state index in [9.17, 15) is 26.0 Å². The Morgan fingerprint density at radius 2 is 1.88 bits per heavy atom. The normalized spacial score (nSPS) is 17.8. The molecule has 0 aliphatic carbocycles. The van der Waals surface area contributed by atoms with Gasteiger partial charge in [0.05, 0.1) is 16.6 Å². The summed E-state index contributed by atoms with van der Waals surface area (Å²) in [6.45, 7) is 1.04. The molecule has 1 aliphatic heterocycles. The van der Waals surface area contributed by atoms with Crippen LogP contribution in [-0.4, -0.2) is 45.1 Å². The molecule has 1 aromatic carbocycles. The zero-order chi connectivity index (χ0) is 18.7. The number of hydrogen-bond acceptors (Lipinski definition) is 4. The molecule has 0 radical (unpaired) electrons. The summed E-state index contributed by atoms with van der Waals surface area (Å²) in [6, 6.07) is 1.58. The number of nitrogens with two attached hydrogens (primary N) is 1. The molecule has 142 valence electrons. The number of sulfonamides is 1. The number of halogens is 4. The second-order valence-electron chi connectivity index (χ2n) is 5.75. The van der Waals surface area contributed by atoms with E-state index in [4.69, 9.17) is 10.5 Å². The molecule has 1 saturated heterocycles. The molecule has 0 bridgehead atoms. The van der Waals surface area contributed by atoms with Crippen molar-refractivity contribution >= 4 is 10.0 Å². The highest BCUT2D eigenvalue weighted by atomic mass is 32.2. The van der Waals surface area contributed by atoms with Crippen molar-refractivity contribution in [3.63, 3.8) is 0 Å². The molecule has 1 heterocycles. The van der Waals surface area contributed by atoms with Crippen molar-refractivity contribution in [2.24, 2.45) is 5.73 Å². The number of ether oxygens (including phenoxy) is 1. The number of rotatable bonds is 6. The first-order chi connectivity index (χ1) is 11.7. The fourth-order valence-corrected chi connectivity index (χ4v) is 4.32. The number of benzene rings is 1. The Morgan fingerprint density at radius 3 is 2.44 bits per heavy atom. The van der Waals surface area contributed by atoms with Crippen LogP contribution in [0, 0.1) is 5.82 Å². The average molecular weight is 384 g/mol. The number of hydrogen-bond donors (Lipinski definition) is 1. The van der Waals surface area contributed by atoms with Crippen molar-refractivity contribution in [1.29, 1.82) is 0 Å². The highest BCUT2D eigenvalue weighted by Gasteiger charge is 2.40. The van der Waals surface area contributed by atoms with E-state index in [1.165, 1.54) is 0 Å². The largest absolute Gasteiger partial charge is 0.417 e. The van der Waals surface area contributed by atoms with Gasteiger partial charge in [-0.15, -0.1) is 0 Å². The summed E-state index contributed by atoms with van der Waals surface area (Å²) in [7, 11) is -4.37. The predicted molar refractivity (Wildman–Crippen MR) is 82.8 cm³/mol. The summed E-state index contributed by atoms with van der Waals surface area (Å²) >= 11 is 0. The Bertz CT molecular complexity index is 687. The second-order valence-corrected chi connectivity index (χ2v) is 7.66. The van der Waals surface area contributed by atoms with E-state index in [1.54, 1.807) is 0 Å². The van der Waals surface area contributed by atoms with Gasteiger partial charge in [0.2, 0.25) is 10.0 Å². The van der Waals surface area contributed by atoms with Gasteiger partial charge in [-0.3, -0.25) is 0 Å². The molecule has 2 N–H and O–H groups in total. The van der Waals surface area contributed by atoms with Crippen LogP contribution in [0.1, 0.15) is 24.8 Å². The van der Waals surface area contributed by atoms with Gasteiger partial charge in [0.15, 0.2) is 0 Å². The molecule has 0 aromatic heterocycles. The molecule has 0 atom stereocenters. The Hall–Kier alpha value is -1.23. The van der Waals surface area contributed by atoms with E-state index < -0.39 is 32.5 Å². The maximum atomic E-state index is 13.2. The van der Waals surface area contributed by atoms with Gasteiger partial charge < -0.3 is 10.5 Å². The van der Waals surface area contributed by atoms with Gasteiger partial charge in [-0.1, -0.05) is 0 Å². The van der Waals surface area contributed by atoms with Crippen LogP contribution in [0.25, 0.3) is 0 Å². The molecule has 1 aliphatic rings. The fraction of sp³-hybridized carbons (Fsp3) is 0.600. The molecule has 1 aromatic rings. The summed E-state index contributed by atoms with van der Waals surface area (Å²) < 4.78 is 84.1. The van der Waals surface area contributed by atoms with E-state index >= 15 is 0 Å². The number of piperidine rings is 1. The van der Waals surface area contributed by atoms with Crippen molar-refractivity contribution in [3.05, 3.63) is 29.6 Å². The quantitative estimate of drug-likeness (QED) is 0.604. The summed E-state index contributed by atoms with van der Waals surface area (Å²) in [5.74, 6) is -1.14. The van der Waals surface area contributed by atoms with Gasteiger partial charge in [0.25, 0.3) is 0 Å². The molecular formula is C15H20F4N2O3S. The summed E-state index contributed by atoms with van der Waals surface area (Å²) in [5, 5.41) is 0. The van der Waals surface area contributed by atoms with E-state index in [1.807, 2.05) is 0 Å². The predicted octanol–water partition coefficient (Wildman–Crippen LogP) is 2.36. The van der Waals surface area contributed by atoms with Gasteiger partial charge in [0.1, 0.15) is 5.82 Å². The van der Waals surface area contributed by atoms with Crippen molar-refractivity contribution in [2.45, 2.75) is 36.4 Å². The SMILES string of the molecule is NCCCOC1CCN(S(=O)(=O)c2ccc(F)cc2C(F)(F)F)CC1. The molecule has 5 nitrogen and oxygen atoms in total. The minimum Gasteiger partial charge on any atom is -0.378 e. The second kappa shape index (κ2) is 7.98. The van der Waals surface area contributed by atoms with Crippen LogP contribution in [0.5, 0.6) is 0 Å². The Kier molecular flexibility index (Phi) is 6.41. The van der Waals surface area contributed by atoms with Crippen LogP contribution < -0.4 is 5.73 Å². The third kappa shape index (κ3) is 4.90. The lowest BCUT2D eigenvalue weighted by Gasteiger charge is -2.31. The molecule has 2 rings (SSSR count). The van der Waals surface area contributed by atoms with Crippen molar-refractivity contribution < 1.29 is 30.7 Å². The Labute approximate surface area is 143 Å². The maximum absolute atomic E-state index is 13.2. The molecule has 0 unspecified atom stereocenters. The summed E-state index contributed by atoms with van der Waals surface area (Å²) in [6.07, 6.45) is -3.66. The highest BCUT2D eigenvalue weighted by molar-refractivity contribution is 7.89. The summed E-state index contributed by atoms with van der Waals surface area (Å²) in [5.41, 5.74) is 3.87. The van der Waals surface area contributed by atoms with E-state index in [0.717, 1.165) is 4.31 Å². The lowest BCUT2D eigenvalue weighted by Crippen LogP contribution is -2.41. The monoisotopic (exact) mass is 384 g/mol. The third-order valence-electron chi connectivity index (χ3n) is 3.97. The summed E-state index contributed by atoms with van der Waals surface area (Å²) in [4.78, 5) is -0.927. The standard InChI is InChI=1S/C15H20F4N2O3S/c16-11-2-3-14(13(10-11)15(17,18)19)25(22,23)21-7-4-12(5-8-21)24-9-1-6-20/h2-3,10,12H,1,4-9,20H2. The minimum absolute atomic E-state index is 0.0459. The van der Waals surface area contributed by atoms with E-state index in [0.29, 0.717) is 44.5 Å². The fourth-order valence-electron chi connectivity index (χ4n) is 2.66. The molecule has 25 heavy (non-hydrogen) atoms. The maximum Gasteiger partial charge on any atom is 0.417 e. The van der Waals surface area contributed by atoms with Gasteiger partial charge in [0, 0.05) is 19.7 Å². The van der Waals surface area contributed by atoms with Gasteiger partial charge in [-0.05, 0) is 44.0 Å². The van der Waals surface area contributed by atoms with Gasteiger partial charge in [-0.2, -0.15) is 17.5 Å². The van der Waals surface area contributed by atoms with Crippen LogP contribution in [0.2, 0.25) is 0 Å². The topological polar surface area (TPSA) is 72.6 Å². The first kappa shape index (κ1) is 20.1. The third-order valence-corrected chi connectivity index (χ3v) is 5.92. The van der Waals surface area contributed by atoms with E-state index in [2.05, 4.69) is 0 Å². The van der Waals surface area contributed by atoms with Crippen molar-refractivity contribution in [2.75, 3.05) is 26.2 Å². The van der Waals surface area contributed by atoms with Crippen molar-refractivity contribution in [3.8, 4) is 0 Å².